The zero-order chi connectivity index (χ0) is 22.5. The summed E-state index contributed by atoms with van der Waals surface area (Å²) in [5, 5.41) is 3.66. The molecule has 0 saturated carbocycles. The van der Waals surface area contributed by atoms with Crippen molar-refractivity contribution < 1.29 is 9.59 Å². The van der Waals surface area contributed by atoms with Gasteiger partial charge in [-0.3, -0.25) is 4.79 Å². The Hall–Kier alpha value is -3.32. The lowest BCUT2D eigenvalue weighted by atomic mass is 10.1. The van der Waals surface area contributed by atoms with Gasteiger partial charge < -0.3 is 19.7 Å². The molecule has 1 aliphatic heterocycles. The Labute approximate surface area is 192 Å². The van der Waals surface area contributed by atoms with E-state index in [9.17, 15) is 9.59 Å². The van der Waals surface area contributed by atoms with Gasteiger partial charge >= 0.3 is 6.03 Å². The van der Waals surface area contributed by atoms with Gasteiger partial charge in [0.05, 0.1) is 18.8 Å². The maximum atomic E-state index is 12.7. The van der Waals surface area contributed by atoms with E-state index in [1.807, 2.05) is 60.2 Å². The molecule has 0 aliphatic carbocycles. The van der Waals surface area contributed by atoms with Crippen LogP contribution >= 0.6 is 11.6 Å². The van der Waals surface area contributed by atoms with Gasteiger partial charge in [0.2, 0.25) is 5.91 Å². The van der Waals surface area contributed by atoms with Crippen molar-refractivity contribution >= 4 is 23.5 Å². The predicted octanol–water partition coefficient (Wildman–Crippen LogP) is 3.68. The van der Waals surface area contributed by atoms with E-state index in [-0.39, 0.29) is 24.4 Å². The minimum Gasteiger partial charge on any atom is -0.339 e. The lowest BCUT2D eigenvalue weighted by molar-refractivity contribution is -0.131. The van der Waals surface area contributed by atoms with E-state index in [1.165, 1.54) is 0 Å². The summed E-state index contributed by atoms with van der Waals surface area (Å²) in [5.41, 5.74) is 2.87. The zero-order valence-electron chi connectivity index (χ0n) is 17.9. The van der Waals surface area contributed by atoms with E-state index >= 15 is 0 Å². The molecule has 166 valence electrons. The summed E-state index contributed by atoms with van der Waals surface area (Å²) in [6.45, 7) is 4.02. The second-order valence-electron chi connectivity index (χ2n) is 7.87. The maximum Gasteiger partial charge on any atom is 0.317 e. The molecule has 1 N–H and O–H groups in total. The van der Waals surface area contributed by atoms with Crippen molar-refractivity contribution in [3.63, 3.8) is 0 Å². The summed E-state index contributed by atoms with van der Waals surface area (Å²) < 4.78 is 1.93. The third-order valence-electron chi connectivity index (χ3n) is 5.75. The molecule has 1 unspecified atom stereocenters. The molecule has 4 rings (SSSR count). The van der Waals surface area contributed by atoms with Crippen molar-refractivity contribution in [1.29, 1.82) is 0 Å². The van der Waals surface area contributed by atoms with Crippen LogP contribution in [-0.2, 0) is 11.2 Å². The summed E-state index contributed by atoms with van der Waals surface area (Å²) in [4.78, 5) is 33.0. The van der Waals surface area contributed by atoms with Crippen LogP contribution in [0.1, 0.15) is 24.1 Å². The number of halogens is 1. The monoisotopic (exact) mass is 451 g/mol. The molecule has 1 saturated heterocycles. The van der Waals surface area contributed by atoms with Crippen molar-refractivity contribution in [2.24, 2.45) is 0 Å². The van der Waals surface area contributed by atoms with E-state index in [2.05, 4.69) is 10.3 Å². The molecule has 1 fully saturated rings. The number of nitrogens with one attached hydrogen (secondary N) is 1. The highest BCUT2D eigenvalue weighted by Gasteiger charge is 2.25. The number of carbonyl (C=O) groups excluding carboxylic acids is 2. The first kappa shape index (κ1) is 21.9. The van der Waals surface area contributed by atoms with Gasteiger partial charge in [0.1, 0.15) is 0 Å². The number of rotatable bonds is 5. The van der Waals surface area contributed by atoms with E-state index in [4.69, 9.17) is 11.6 Å². The largest absolute Gasteiger partial charge is 0.339 e. The first-order valence-corrected chi connectivity index (χ1v) is 11.0. The van der Waals surface area contributed by atoms with Crippen LogP contribution in [0, 0.1) is 0 Å². The maximum absolute atomic E-state index is 12.7. The Morgan fingerprint density at radius 3 is 2.38 bits per heavy atom. The molecular formula is C24H26ClN5O2. The predicted molar refractivity (Wildman–Crippen MR) is 124 cm³/mol. The van der Waals surface area contributed by atoms with Crippen LogP contribution in [0.25, 0.3) is 5.69 Å². The summed E-state index contributed by atoms with van der Waals surface area (Å²) in [6.07, 6.45) is 5.65. The SMILES string of the molecule is CC(NC(=O)N1CCN(C(=O)Cc2ccccc2Cl)CC1)c1ccc(-n2ccnc2)cc1. The average Bonchev–Trinajstić information content (AvgIpc) is 3.36. The number of urea groups is 1. The number of amides is 3. The molecule has 3 aromatic rings. The quantitative estimate of drug-likeness (QED) is 0.643. The molecule has 32 heavy (non-hydrogen) atoms. The molecule has 3 amide bonds. The molecule has 7 nitrogen and oxygen atoms in total. The van der Waals surface area contributed by atoms with E-state index in [0.717, 1.165) is 16.8 Å². The second kappa shape index (κ2) is 9.87. The van der Waals surface area contributed by atoms with Crippen molar-refractivity contribution in [3.05, 3.63) is 83.4 Å². The van der Waals surface area contributed by atoms with E-state index in [1.54, 1.807) is 28.4 Å². The third-order valence-corrected chi connectivity index (χ3v) is 6.12. The molecule has 1 aromatic heterocycles. The number of nitrogens with zero attached hydrogens (tertiary/aromatic N) is 4. The van der Waals surface area contributed by atoms with Gasteiger partial charge in [-0.2, -0.15) is 0 Å². The highest BCUT2D eigenvalue weighted by molar-refractivity contribution is 6.31. The Morgan fingerprint density at radius 1 is 1.03 bits per heavy atom. The minimum atomic E-state index is -0.126. The highest BCUT2D eigenvalue weighted by Crippen LogP contribution is 2.18. The third kappa shape index (κ3) is 5.11. The number of imidazole rings is 1. The minimum absolute atomic E-state index is 0.0320. The van der Waals surface area contributed by atoms with Crippen molar-refractivity contribution in [2.45, 2.75) is 19.4 Å². The fourth-order valence-corrected chi connectivity index (χ4v) is 3.98. The molecule has 0 radical (unpaired) electrons. The summed E-state index contributed by atoms with van der Waals surface area (Å²) in [5.74, 6) is 0.0320. The number of benzene rings is 2. The fraction of sp³-hybridized carbons (Fsp3) is 0.292. The smallest absolute Gasteiger partial charge is 0.317 e. The zero-order valence-corrected chi connectivity index (χ0v) is 18.7. The summed E-state index contributed by atoms with van der Waals surface area (Å²) >= 11 is 6.17. The number of piperazine rings is 1. The van der Waals surface area contributed by atoms with Crippen LogP contribution in [0.4, 0.5) is 4.79 Å². The van der Waals surface area contributed by atoms with Crippen molar-refractivity contribution in [1.82, 2.24) is 24.7 Å². The number of carbonyl (C=O) groups is 2. The van der Waals surface area contributed by atoms with Crippen LogP contribution in [0.2, 0.25) is 5.02 Å². The standard InChI is InChI=1S/C24H26ClN5O2/c1-18(19-6-8-21(9-7-19)30-11-10-26-17-30)27-24(32)29-14-12-28(13-15-29)23(31)16-20-4-2-3-5-22(20)25/h2-11,17-18H,12-16H2,1H3,(H,27,32). The fourth-order valence-electron chi connectivity index (χ4n) is 3.78. The molecule has 2 aromatic carbocycles. The molecule has 0 spiro atoms. The first-order valence-electron chi connectivity index (χ1n) is 10.7. The van der Waals surface area contributed by atoms with Gasteiger partial charge in [0, 0.05) is 49.3 Å². The van der Waals surface area contributed by atoms with Gasteiger partial charge in [-0.15, -0.1) is 0 Å². The van der Waals surface area contributed by atoms with Crippen molar-refractivity contribution in [3.8, 4) is 5.69 Å². The molecule has 2 heterocycles. The lowest BCUT2D eigenvalue weighted by Crippen LogP contribution is -2.53. The van der Waals surface area contributed by atoms with Crippen LogP contribution in [0.5, 0.6) is 0 Å². The average molecular weight is 452 g/mol. The highest BCUT2D eigenvalue weighted by atomic mass is 35.5. The van der Waals surface area contributed by atoms with Gasteiger partial charge in [0.15, 0.2) is 0 Å². The van der Waals surface area contributed by atoms with Crippen molar-refractivity contribution in [2.75, 3.05) is 26.2 Å². The number of hydrogen-bond acceptors (Lipinski definition) is 3. The molecule has 8 heteroatoms. The van der Waals surface area contributed by atoms with Crippen LogP contribution < -0.4 is 5.32 Å². The van der Waals surface area contributed by atoms with Gasteiger partial charge in [-0.25, -0.2) is 9.78 Å². The van der Waals surface area contributed by atoms with Gasteiger partial charge in [0.25, 0.3) is 0 Å². The Balaban J connectivity index is 1.27. The second-order valence-corrected chi connectivity index (χ2v) is 8.28. The topological polar surface area (TPSA) is 70.5 Å². The Kier molecular flexibility index (Phi) is 6.75. The summed E-state index contributed by atoms with van der Waals surface area (Å²) in [7, 11) is 0. The number of hydrogen-bond donors (Lipinski definition) is 1. The normalized spacial score (nSPS) is 14.8. The van der Waals surface area contributed by atoms with Crippen LogP contribution in [0.3, 0.4) is 0 Å². The van der Waals surface area contributed by atoms with Crippen LogP contribution in [-0.4, -0.2) is 57.5 Å². The first-order chi connectivity index (χ1) is 15.5. The van der Waals surface area contributed by atoms with Gasteiger partial charge in [-0.05, 0) is 36.2 Å². The summed E-state index contributed by atoms with van der Waals surface area (Å²) in [6, 6.07) is 15.2. The Morgan fingerprint density at radius 2 is 1.72 bits per heavy atom. The van der Waals surface area contributed by atoms with Gasteiger partial charge in [-0.1, -0.05) is 41.9 Å². The number of aromatic nitrogens is 2. The molecular weight excluding hydrogens is 426 g/mol. The van der Waals surface area contributed by atoms with E-state index < -0.39 is 0 Å². The van der Waals surface area contributed by atoms with E-state index in [0.29, 0.717) is 31.2 Å². The Bertz CT molecular complexity index is 1060. The molecule has 1 aliphatic rings. The molecule has 1 atom stereocenters. The molecule has 0 bridgehead atoms. The lowest BCUT2D eigenvalue weighted by Gasteiger charge is -2.35. The van der Waals surface area contributed by atoms with Crippen LogP contribution in [0.15, 0.2) is 67.3 Å².